The van der Waals surface area contributed by atoms with Gasteiger partial charge in [0.25, 0.3) is 5.56 Å². The van der Waals surface area contributed by atoms with E-state index in [1.165, 1.54) is 24.6 Å². The van der Waals surface area contributed by atoms with Crippen LogP contribution in [0.3, 0.4) is 0 Å². The topological polar surface area (TPSA) is 124 Å². The van der Waals surface area contributed by atoms with Gasteiger partial charge in [0, 0.05) is 16.5 Å². The minimum absolute atomic E-state index is 0.125. The molecule has 3 heterocycles. The maximum Gasteiger partial charge on any atom is 0.274 e. The van der Waals surface area contributed by atoms with Gasteiger partial charge in [0.15, 0.2) is 22.5 Å². The third-order valence-corrected chi connectivity index (χ3v) is 6.91. The molecular formula is C25H23N3O5. The monoisotopic (exact) mass is 445 g/mol. The van der Waals surface area contributed by atoms with Crippen LogP contribution < -0.4 is 11.0 Å². The van der Waals surface area contributed by atoms with Crippen molar-refractivity contribution in [2.45, 2.75) is 45.1 Å². The SMILES string of the molecule is Cc1c(=O)ccc2c1oc1c(-c3ccc(O)c(O)c3)c3c(=O)[nH]n(C4CCCCC4)c3[nH]c12. The summed E-state index contributed by atoms with van der Waals surface area (Å²) in [6.07, 6.45) is 5.35. The molecule has 8 nitrogen and oxygen atoms in total. The van der Waals surface area contributed by atoms with Gasteiger partial charge in [0.05, 0.1) is 16.9 Å². The largest absolute Gasteiger partial charge is 0.504 e. The van der Waals surface area contributed by atoms with Crippen LogP contribution >= 0.6 is 0 Å². The number of H-pyrrole nitrogens is 2. The molecule has 0 radical (unpaired) electrons. The number of aromatic hydroxyl groups is 2. The van der Waals surface area contributed by atoms with Gasteiger partial charge >= 0.3 is 0 Å². The maximum absolute atomic E-state index is 13.3. The standard InChI is InChI=1S/C25H23N3O5/c1-12-16(29)10-8-15-21-23(33-22(12)15)19(13-7-9-17(30)18(31)11-13)20-24(26-21)28(27-25(20)32)14-5-3-2-4-6-14/h7-11,14,26,30-31H,2-6H2,1H3,(H,27,32). The number of phenolic OH excluding ortho intramolecular Hbond substituents is 2. The molecule has 33 heavy (non-hydrogen) atoms. The van der Waals surface area contributed by atoms with Crippen LogP contribution in [-0.4, -0.2) is 25.0 Å². The van der Waals surface area contributed by atoms with Gasteiger partial charge in [-0.3, -0.25) is 19.4 Å². The van der Waals surface area contributed by atoms with E-state index >= 15 is 0 Å². The Balaban J connectivity index is 1.79. The van der Waals surface area contributed by atoms with Crippen molar-refractivity contribution in [2.24, 2.45) is 0 Å². The number of aromatic nitrogens is 3. The lowest BCUT2D eigenvalue weighted by Crippen LogP contribution is -2.16. The lowest BCUT2D eigenvalue weighted by molar-refractivity contribution is 0.335. The summed E-state index contributed by atoms with van der Waals surface area (Å²) >= 11 is 0. The van der Waals surface area contributed by atoms with Crippen molar-refractivity contribution in [3.63, 3.8) is 0 Å². The van der Waals surface area contributed by atoms with E-state index in [-0.39, 0.29) is 28.5 Å². The first-order valence-corrected chi connectivity index (χ1v) is 11.2. The second kappa shape index (κ2) is 7.03. The molecule has 1 aliphatic rings. The van der Waals surface area contributed by atoms with Crippen molar-refractivity contribution >= 4 is 33.1 Å². The number of fused-ring (bicyclic) bond motifs is 4. The molecule has 6 rings (SSSR count). The number of aromatic amines is 2. The van der Waals surface area contributed by atoms with Gasteiger partial charge in [0.2, 0.25) is 0 Å². The highest BCUT2D eigenvalue weighted by atomic mass is 16.3. The third kappa shape index (κ3) is 2.83. The summed E-state index contributed by atoms with van der Waals surface area (Å²) in [6.45, 7) is 1.72. The van der Waals surface area contributed by atoms with Crippen LogP contribution in [-0.2, 0) is 0 Å². The van der Waals surface area contributed by atoms with Crippen molar-refractivity contribution in [3.8, 4) is 22.6 Å². The first-order chi connectivity index (χ1) is 15.9. The van der Waals surface area contributed by atoms with E-state index in [2.05, 4.69) is 10.1 Å². The number of nitrogens with zero attached hydrogens (tertiary/aromatic N) is 1. The Morgan fingerprint density at radius 3 is 2.55 bits per heavy atom. The van der Waals surface area contributed by atoms with Crippen molar-refractivity contribution in [1.82, 2.24) is 14.8 Å². The van der Waals surface area contributed by atoms with Crippen LogP contribution in [0.4, 0.5) is 0 Å². The number of nitrogens with one attached hydrogen (secondary N) is 2. The number of hydrogen-bond donors (Lipinski definition) is 4. The second-order valence-corrected chi connectivity index (χ2v) is 8.90. The van der Waals surface area contributed by atoms with E-state index in [0.717, 1.165) is 31.1 Å². The molecule has 2 aromatic carbocycles. The Morgan fingerprint density at radius 2 is 1.79 bits per heavy atom. The predicted octanol–water partition coefficient (Wildman–Crippen LogP) is 4.81. The zero-order valence-corrected chi connectivity index (χ0v) is 18.1. The van der Waals surface area contributed by atoms with E-state index in [4.69, 9.17) is 4.42 Å². The van der Waals surface area contributed by atoms with Gasteiger partial charge in [-0.2, -0.15) is 0 Å². The fraction of sp³-hybridized carbons (Fsp3) is 0.280. The first-order valence-electron chi connectivity index (χ1n) is 11.2. The molecule has 0 atom stereocenters. The van der Waals surface area contributed by atoms with Crippen LogP contribution in [0, 0.1) is 6.92 Å². The number of hydrogen-bond acceptors (Lipinski definition) is 5. The Kier molecular flexibility index (Phi) is 4.20. The van der Waals surface area contributed by atoms with Crippen molar-refractivity contribution < 1.29 is 14.6 Å². The van der Waals surface area contributed by atoms with Gasteiger partial charge in [-0.05, 0) is 49.6 Å². The van der Waals surface area contributed by atoms with E-state index in [1.54, 1.807) is 19.1 Å². The van der Waals surface area contributed by atoms with Gasteiger partial charge in [-0.15, -0.1) is 0 Å². The average molecular weight is 445 g/mol. The van der Waals surface area contributed by atoms with E-state index in [0.29, 0.717) is 44.4 Å². The maximum atomic E-state index is 13.3. The highest BCUT2D eigenvalue weighted by molar-refractivity contribution is 6.14. The molecule has 0 bridgehead atoms. The smallest absolute Gasteiger partial charge is 0.274 e. The molecule has 168 valence electrons. The summed E-state index contributed by atoms with van der Waals surface area (Å²) < 4.78 is 8.12. The zero-order chi connectivity index (χ0) is 22.9. The number of benzene rings is 2. The molecule has 0 saturated heterocycles. The van der Waals surface area contributed by atoms with E-state index in [1.807, 2.05) is 4.68 Å². The van der Waals surface area contributed by atoms with E-state index in [9.17, 15) is 19.8 Å². The normalized spacial score (nSPS) is 15.2. The minimum Gasteiger partial charge on any atom is -0.504 e. The summed E-state index contributed by atoms with van der Waals surface area (Å²) in [7, 11) is 0. The Morgan fingerprint density at radius 1 is 1.00 bits per heavy atom. The average Bonchev–Trinajstić information content (AvgIpc) is 3.35. The number of aryl methyl sites for hydroxylation is 1. The second-order valence-electron chi connectivity index (χ2n) is 8.90. The summed E-state index contributed by atoms with van der Waals surface area (Å²) in [5.41, 5.74) is 3.34. The van der Waals surface area contributed by atoms with Crippen molar-refractivity contribution in [2.75, 3.05) is 0 Å². The lowest BCUT2D eigenvalue weighted by atomic mass is 9.95. The van der Waals surface area contributed by atoms with Crippen LogP contribution in [0.25, 0.3) is 44.2 Å². The molecular weight excluding hydrogens is 422 g/mol. The summed E-state index contributed by atoms with van der Waals surface area (Å²) in [5.74, 6) is -0.544. The molecule has 8 heteroatoms. The molecule has 1 saturated carbocycles. The number of rotatable bonds is 2. The van der Waals surface area contributed by atoms with Gasteiger partial charge in [-0.25, -0.2) is 0 Å². The Labute approximate surface area is 187 Å². The van der Waals surface area contributed by atoms with Crippen molar-refractivity contribution in [3.05, 3.63) is 56.5 Å². The minimum atomic E-state index is -0.293. The number of pyridine rings is 1. The predicted molar refractivity (Wildman–Crippen MR) is 126 cm³/mol. The van der Waals surface area contributed by atoms with Crippen LogP contribution in [0.1, 0.15) is 43.7 Å². The summed E-state index contributed by atoms with van der Waals surface area (Å²) in [4.78, 5) is 28.9. The molecule has 5 aromatic rings. The van der Waals surface area contributed by atoms with Crippen molar-refractivity contribution in [1.29, 1.82) is 0 Å². The van der Waals surface area contributed by atoms with Gasteiger partial charge < -0.3 is 19.6 Å². The quantitative estimate of drug-likeness (QED) is 0.290. The molecule has 4 N–H and O–H groups in total. The van der Waals surface area contributed by atoms with Gasteiger partial charge in [0.1, 0.15) is 11.2 Å². The zero-order valence-electron chi connectivity index (χ0n) is 18.1. The van der Waals surface area contributed by atoms with Crippen LogP contribution in [0.5, 0.6) is 11.5 Å². The number of furan rings is 1. The Hall–Kier alpha value is -3.94. The lowest BCUT2D eigenvalue weighted by Gasteiger charge is -2.23. The first kappa shape index (κ1) is 19.7. The Bertz CT molecular complexity index is 1680. The molecule has 1 aliphatic carbocycles. The fourth-order valence-electron chi connectivity index (χ4n) is 5.18. The summed E-state index contributed by atoms with van der Waals surface area (Å²) in [5, 5.41) is 24.2. The highest BCUT2D eigenvalue weighted by Gasteiger charge is 2.26. The van der Waals surface area contributed by atoms with Crippen LogP contribution in [0.2, 0.25) is 0 Å². The molecule has 0 amide bonds. The molecule has 0 spiro atoms. The fourth-order valence-corrected chi connectivity index (χ4v) is 5.18. The van der Waals surface area contributed by atoms with Crippen LogP contribution in [0.15, 0.2) is 44.3 Å². The molecule has 0 unspecified atom stereocenters. The molecule has 1 fully saturated rings. The third-order valence-electron chi connectivity index (χ3n) is 6.91. The van der Waals surface area contributed by atoms with Gasteiger partial charge in [-0.1, -0.05) is 25.3 Å². The highest BCUT2D eigenvalue weighted by Crippen LogP contribution is 2.41. The number of phenols is 2. The molecule has 3 aromatic heterocycles. The summed E-state index contributed by atoms with van der Waals surface area (Å²) in [6, 6.07) is 7.86. The van der Waals surface area contributed by atoms with E-state index < -0.39 is 0 Å². The molecule has 0 aliphatic heterocycles.